The molecule has 2 aromatic rings. The van der Waals surface area contributed by atoms with Crippen molar-refractivity contribution >= 4 is 23.2 Å². The van der Waals surface area contributed by atoms with Gasteiger partial charge in [0.1, 0.15) is 11.6 Å². The van der Waals surface area contributed by atoms with Crippen LogP contribution in [0.5, 0.6) is 0 Å². The Balaban J connectivity index is 1.94. The van der Waals surface area contributed by atoms with Crippen molar-refractivity contribution in [2.75, 3.05) is 10.6 Å². The first kappa shape index (κ1) is 19.9. The van der Waals surface area contributed by atoms with Gasteiger partial charge < -0.3 is 22.1 Å². The molecular weight excluding hydrogens is 366 g/mol. The van der Waals surface area contributed by atoms with Crippen LogP contribution in [0.15, 0.2) is 18.3 Å². The topological polar surface area (TPSA) is 119 Å². The van der Waals surface area contributed by atoms with Gasteiger partial charge in [-0.05, 0) is 38.7 Å². The van der Waals surface area contributed by atoms with E-state index in [1.54, 1.807) is 0 Å². The number of halogens is 2. The molecule has 1 aliphatic rings. The van der Waals surface area contributed by atoms with Crippen LogP contribution in [0.25, 0.3) is 0 Å². The number of carbonyl (C=O) groups is 1. The third-order valence-corrected chi connectivity index (χ3v) is 5.06. The molecule has 0 unspecified atom stereocenters. The number of nitrogens with zero attached hydrogens (tertiary/aromatic N) is 2. The largest absolute Gasteiger partial charge is 0.365 e. The van der Waals surface area contributed by atoms with Crippen molar-refractivity contribution in [1.29, 1.82) is 0 Å². The Morgan fingerprint density at radius 2 is 1.96 bits per heavy atom. The second kappa shape index (κ2) is 8.05. The van der Waals surface area contributed by atoms with Crippen LogP contribution in [0.2, 0.25) is 0 Å². The number of nitrogens with one attached hydrogen (secondary N) is 2. The standard InChI is InChI=1S/C19H24F2N6O/c1-9(22)16(11-4-3-5-11)26-19-15(21)7-13(17(23)28)18(27-19)25-12-6-14(20)10(2)24-8-12/h6-9,11,16H,3-5,22H2,1-2H3,(H2,23,28)(H2,25,26,27)/t9-,16-/m0/s1. The molecule has 2 atom stereocenters. The number of hydrogen-bond acceptors (Lipinski definition) is 6. The van der Waals surface area contributed by atoms with Crippen LogP contribution in [0.1, 0.15) is 42.2 Å². The summed E-state index contributed by atoms with van der Waals surface area (Å²) in [5.41, 5.74) is 11.8. The second-order valence-electron chi connectivity index (χ2n) is 7.22. The van der Waals surface area contributed by atoms with E-state index in [-0.39, 0.29) is 40.7 Å². The fraction of sp³-hybridized carbons (Fsp3) is 0.421. The maximum atomic E-state index is 14.6. The lowest BCUT2D eigenvalue weighted by atomic mass is 9.77. The maximum absolute atomic E-state index is 14.6. The molecule has 7 nitrogen and oxygen atoms in total. The summed E-state index contributed by atoms with van der Waals surface area (Å²) in [4.78, 5) is 19.9. The summed E-state index contributed by atoms with van der Waals surface area (Å²) in [5.74, 6) is -1.78. The SMILES string of the molecule is Cc1ncc(Nc2nc(N[C@H](C3CCC3)[C@H](C)N)c(F)cc2C(N)=O)cc1F. The Hall–Kier alpha value is -2.81. The average molecular weight is 390 g/mol. The minimum Gasteiger partial charge on any atom is -0.365 e. The quantitative estimate of drug-likeness (QED) is 0.577. The van der Waals surface area contributed by atoms with Gasteiger partial charge in [-0.1, -0.05) is 6.42 Å². The maximum Gasteiger partial charge on any atom is 0.252 e. The minimum atomic E-state index is -0.858. The minimum absolute atomic E-state index is 0.0125. The Morgan fingerprint density at radius 1 is 1.25 bits per heavy atom. The second-order valence-corrected chi connectivity index (χ2v) is 7.22. The predicted molar refractivity (Wildman–Crippen MR) is 103 cm³/mol. The highest BCUT2D eigenvalue weighted by atomic mass is 19.1. The molecule has 1 fully saturated rings. The summed E-state index contributed by atoms with van der Waals surface area (Å²) in [7, 11) is 0. The molecule has 9 heteroatoms. The zero-order valence-corrected chi connectivity index (χ0v) is 15.8. The van der Waals surface area contributed by atoms with Gasteiger partial charge >= 0.3 is 0 Å². The number of amides is 1. The number of hydrogen-bond donors (Lipinski definition) is 4. The molecule has 0 aliphatic heterocycles. The molecule has 0 spiro atoms. The van der Waals surface area contributed by atoms with E-state index in [1.165, 1.54) is 19.2 Å². The van der Waals surface area contributed by atoms with Gasteiger partial charge in [-0.25, -0.2) is 13.8 Å². The summed E-state index contributed by atoms with van der Waals surface area (Å²) >= 11 is 0. The predicted octanol–water partition coefficient (Wildman–Crippen LogP) is 2.83. The Morgan fingerprint density at radius 3 is 2.50 bits per heavy atom. The van der Waals surface area contributed by atoms with Crippen LogP contribution < -0.4 is 22.1 Å². The summed E-state index contributed by atoms with van der Waals surface area (Å²) < 4.78 is 28.4. The number of aryl methyl sites for hydroxylation is 1. The molecule has 1 saturated carbocycles. The van der Waals surface area contributed by atoms with Crippen molar-refractivity contribution in [3.63, 3.8) is 0 Å². The summed E-state index contributed by atoms with van der Waals surface area (Å²) in [6.07, 6.45) is 4.53. The third-order valence-electron chi connectivity index (χ3n) is 5.06. The zero-order valence-electron chi connectivity index (χ0n) is 15.8. The van der Waals surface area contributed by atoms with Crippen molar-refractivity contribution in [2.24, 2.45) is 17.4 Å². The van der Waals surface area contributed by atoms with Gasteiger partial charge in [0, 0.05) is 18.2 Å². The van der Waals surface area contributed by atoms with Gasteiger partial charge in [0.25, 0.3) is 5.91 Å². The molecule has 6 N–H and O–H groups in total. The molecule has 3 rings (SSSR count). The van der Waals surface area contributed by atoms with Gasteiger partial charge in [-0.2, -0.15) is 0 Å². The van der Waals surface area contributed by atoms with Gasteiger partial charge in [-0.3, -0.25) is 9.78 Å². The van der Waals surface area contributed by atoms with Gasteiger partial charge in [0.15, 0.2) is 11.6 Å². The molecule has 28 heavy (non-hydrogen) atoms. The van der Waals surface area contributed by atoms with Gasteiger partial charge in [-0.15, -0.1) is 0 Å². The van der Waals surface area contributed by atoms with Crippen molar-refractivity contribution in [3.05, 3.63) is 41.2 Å². The van der Waals surface area contributed by atoms with Crippen LogP contribution in [-0.2, 0) is 0 Å². The highest BCUT2D eigenvalue weighted by molar-refractivity contribution is 5.98. The first-order chi connectivity index (χ1) is 13.3. The zero-order chi connectivity index (χ0) is 20.4. The number of anilines is 3. The monoisotopic (exact) mass is 390 g/mol. The smallest absolute Gasteiger partial charge is 0.252 e. The molecule has 0 saturated heterocycles. The summed E-state index contributed by atoms with van der Waals surface area (Å²) in [6.45, 7) is 3.38. The number of primary amides is 1. The number of pyridine rings is 2. The molecule has 2 aromatic heterocycles. The van der Waals surface area contributed by atoms with E-state index >= 15 is 0 Å². The van der Waals surface area contributed by atoms with E-state index < -0.39 is 17.5 Å². The number of rotatable bonds is 7. The van der Waals surface area contributed by atoms with E-state index in [2.05, 4.69) is 20.6 Å². The van der Waals surface area contributed by atoms with E-state index in [1.807, 2.05) is 6.92 Å². The van der Waals surface area contributed by atoms with Crippen LogP contribution in [-0.4, -0.2) is 28.0 Å². The number of carbonyl (C=O) groups excluding carboxylic acids is 1. The Kier molecular flexibility index (Phi) is 5.73. The first-order valence-electron chi connectivity index (χ1n) is 9.18. The molecular formula is C19H24F2N6O. The van der Waals surface area contributed by atoms with Crippen LogP contribution in [0.4, 0.5) is 26.1 Å². The molecule has 2 heterocycles. The van der Waals surface area contributed by atoms with Crippen molar-refractivity contribution in [1.82, 2.24) is 9.97 Å². The highest BCUT2D eigenvalue weighted by Gasteiger charge is 2.31. The Labute approximate surface area is 161 Å². The number of nitrogens with two attached hydrogens (primary N) is 2. The highest BCUT2D eigenvalue weighted by Crippen LogP contribution is 2.33. The van der Waals surface area contributed by atoms with Crippen LogP contribution in [0.3, 0.4) is 0 Å². The van der Waals surface area contributed by atoms with Crippen LogP contribution in [0, 0.1) is 24.5 Å². The van der Waals surface area contributed by atoms with Crippen molar-refractivity contribution in [3.8, 4) is 0 Å². The van der Waals surface area contributed by atoms with Crippen molar-refractivity contribution in [2.45, 2.75) is 45.2 Å². The third kappa shape index (κ3) is 4.19. The van der Waals surface area contributed by atoms with Gasteiger partial charge in [0.05, 0.1) is 23.1 Å². The fourth-order valence-corrected chi connectivity index (χ4v) is 3.22. The van der Waals surface area contributed by atoms with E-state index in [0.717, 1.165) is 25.3 Å². The molecule has 0 radical (unpaired) electrons. The fourth-order valence-electron chi connectivity index (χ4n) is 3.22. The Bertz CT molecular complexity index is 885. The molecule has 1 amide bonds. The van der Waals surface area contributed by atoms with E-state index in [9.17, 15) is 13.6 Å². The van der Waals surface area contributed by atoms with Crippen LogP contribution >= 0.6 is 0 Å². The first-order valence-corrected chi connectivity index (χ1v) is 9.18. The molecule has 1 aliphatic carbocycles. The van der Waals surface area contributed by atoms with Gasteiger partial charge in [0.2, 0.25) is 0 Å². The van der Waals surface area contributed by atoms with Crippen molar-refractivity contribution < 1.29 is 13.6 Å². The number of aromatic nitrogens is 2. The molecule has 0 bridgehead atoms. The lowest BCUT2D eigenvalue weighted by Crippen LogP contribution is -2.46. The normalized spacial score (nSPS) is 16.2. The summed E-state index contributed by atoms with van der Waals surface area (Å²) in [5, 5.41) is 5.87. The lowest BCUT2D eigenvalue weighted by molar-refractivity contribution is 0.100. The van der Waals surface area contributed by atoms with E-state index in [0.29, 0.717) is 5.92 Å². The van der Waals surface area contributed by atoms with E-state index in [4.69, 9.17) is 11.5 Å². The lowest BCUT2D eigenvalue weighted by Gasteiger charge is -2.37. The molecule has 150 valence electrons. The summed E-state index contributed by atoms with van der Waals surface area (Å²) in [6, 6.07) is 1.86. The molecule has 0 aromatic carbocycles. The average Bonchev–Trinajstić information content (AvgIpc) is 2.58.